The molecule has 0 saturated heterocycles. The highest BCUT2D eigenvalue weighted by Gasteiger charge is 2.14. The van der Waals surface area contributed by atoms with E-state index >= 15 is 0 Å². The Labute approximate surface area is 120 Å². The van der Waals surface area contributed by atoms with Gasteiger partial charge < -0.3 is 15.2 Å². The molecule has 108 valence electrons. The highest BCUT2D eigenvalue weighted by molar-refractivity contribution is 9.10. The van der Waals surface area contributed by atoms with E-state index in [1.165, 1.54) is 4.68 Å². The van der Waals surface area contributed by atoms with Gasteiger partial charge in [-0.15, -0.1) is 0 Å². The largest absolute Gasteiger partial charge is 0.396 e. The summed E-state index contributed by atoms with van der Waals surface area (Å²) in [4.78, 5) is 12.0. The summed E-state index contributed by atoms with van der Waals surface area (Å²) in [5, 5.41) is 16.4. The van der Waals surface area contributed by atoms with Crippen LogP contribution in [0.2, 0.25) is 0 Å². The molecule has 1 heterocycles. The monoisotopic (exact) mass is 333 g/mol. The quantitative estimate of drug-likeness (QED) is 0.780. The van der Waals surface area contributed by atoms with Gasteiger partial charge in [0.15, 0.2) is 0 Å². The Bertz CT molecular complexity index is 464. The number of methoxy groups -OCH3 is 1. The number of nitrogens with one attached hydrogen (secondary N) is 1. The molecule has 19 heavy (non-hydrogen) atoms. The fourth-order valence-corrected chi connectivity index (χ4v) is 1.87. The van der Waals surface area contributed by atoms with Gasteiger partial charge in [0.2, 0.25) is 0 Å². The molecule has 7 heteroatoms. The topological polar surface area (TPSA) is 76.4 Å². The first-order chi connectivity index (χ1) is 9.01. The van der Waals surface area contributed by atoms with Crippen LogP contribution in [0.3, 0.4) is 0 Å². The number of halogens is 1. The lowest BCUT2D eigenvalue weighted by Crippen LogP contribution is -2.30. The second-order valence-electron chi connectivity index (χ2n) is 4.49. The van der Waals surface area contributed by atoms with Gasteiger partial charge in [-0.25, -0.2) is 4.68 Å². The van der Waals surface area contributed by atoms with Gasteiger partial charge in [-0.2, -0.15) is 5.10 Å². The normalized spacial score (nSPS) is 14.2. The van der Waals surface area contributed by atoms with E-state index in [-0.39, 0.29) is 24.1 Å². The van der Waals surface area contributed by atoms with Gasteiger partial charge in [0.1, 0.15) is 4.47 Å². The number of anilines is 1. The molecular formula is C12H20BrN3O3. The minimum absolute atomic E-state index is 0.0392. The van der Waals surface area contributed by atoms with Crippen LogP contribution in [0.15, 0.2) is 15.5 Å². The van der Waals surface area contributed by atoms with Gasteiger partial charge >= 0.3 is 0 Å². The van der Waals surface area contributed by atoms with Crippen molar-refractivity contribution in [2.24, 2.45) is 5.92 Å². The van der Waals surface area contributed by atoms with Crippen LogP contribution in [0, 0.1) is 5.92 Å². The van der Waals surface area contributed by atoms with Crippen molar-refractivity contribution in [3.63, 3.8) is 0 Å². The molecule has 2 unspecified atom stereocenters. The molecule has 1 aromatic rings. The maximum Gasteiger partial charge on any atom is 0.283 e. The van der Waals surface area contributed by atoms with E-state index in [0.29, 0.717) is 23.3 Å². The third-order valence-corrected chi connectivity index (χ3v) is 3.78. The highest BCUT2D eigenvalue weighted by Crippen LogP contribution is 2.19. The maximum atomic E-state index is 12.0. The smallest absolute Gasteiger partial charge is 0.283 e. The summed E-state index contributed by atoms with van der Waals surface area (Å²) in [6.45, 7) is 4.81. The van der Waals surface area contributed by atoms with Gasteiger partial charge in [0.05, 0.1) is 25.0 Å². The summed E-state index contributed by atoms with van der Waals surface area (Å²) in [5.74, 6) is 0.0859. The summed E-state index contributed by atoms with van der Waals surface area (Å²) in [6.07, 6.45) is 1.60. The van der Waals surface area contributed by atoms with Crippen LogP contribution in [0.1, 0.15) is 13.8 Å². The summed E-state index contributed by atoms with van der Waals surface area (Å²) < 4.78 is 6.71. The molecule has 0 saturated carbocycles. The summed E-state index contributed by atoms with van der Waals surface area (Å²) in [5.41, 5.74) is 0.428. The van der Waals surface area contributed by atoms with E-state index in [0.717, 1.165) is 0 Å². The Morgan fingerprint density at radius 3 is 2.84 bits per heavy atom. The van der Waals surface area contributed by atoms with Gasteiger partial charge in [-0.1, -0.05) is 6.92 Å². The lowest BCUT2D eigenvalue weighted by Gasteiger charge is -2.21. The van der Waals surface area contributed by atoms with E-state index < -0.39 is 0 Å². The Morgan fingerprint density at radius 2 is 2.26 bits per heavy atom. The molecule has 0 fully saturated rings. The standard InChI is InChI=1S/C12H20BrN3O3/c1-8(7-17)9(2)15-10-6-14-16(4-5-19-3)12(18)11(10)13/h6,8-9,15,17H,4-5,7H2,1-3H3. The average Bonchev–Trinajstić information content (AvgIpc) is 2.42. The number of hydrogen-bond donors (Lipinski definition) is 2. The van der Waals surface area contributed by atoms with Crippen LogP contribution < -0.4 is 10.9 Å². The van der Waals surface area contributed by atoms with Crippen molar-refractivity contribution in [1.29, 1.82) is 0 Å². The van der Waals surface area contributed by atoms with Crippen LogP contribution in [0.5, 0.6) is 0 Å². The first kappa shape index (κ1) is 16.1. The Hall–Kier alpha value is -0.920. The van der Waals surface area contributed by atoms with Crippen molar-refractivity contribution in [1.82, 2.24) is 9.78 Å². The molecule has 2 atom stereocenters. The fraction of sp³-hybridized carbons (Fsp3) is 0.667. The molecule has 0 bridgehead atoms. The van der Waals surface area contributed by atoms with Crippen molar-refractivity contribution in [2.45, 2.75) is 26.4 Å². The number of aromatic nitrogens is 2. The summed E-state index contributed by atoms with van der Waals surface area (Å²) in [6, 6.07) is 0.0392. The fourth-order valence-electron chi connectivity index (χ4n) is 1.45. The number of hydrogen-bond acceptors (Lipinski definition) is 5. The SMILES string of the molecule is COCCn1ncc(NC(C)C(C)CO)c(Br)c1=O. The lowest BCUT2D eigenvalue weighted by atomic mass is 10.1. The first-order valence-corrected chi connectivity index (χ1v) is 6.92. The van der Waals surface area contributed by atoms with Crippen molar-refractivity contribution in [3.8, 4) is 0 Å². The van der Waals surface area contributed by atoms with Crippen LogP contribution in [-0.2, 0) is 11.3 Å². The van der Waals surface area contributed by atoms with E-state index in [2.05, 4.69) is 26.3 Å². The molecule has 1 rings (SSSR count). The van der Waals surface area contributed by atoms with Crippen molar-refractivity contribution in [2.75, 3.05) is 25.6 Å². The Kier molecular flexibility index (Phi) is 6.47. The van der Waals surface area contributed by atoms with Gasteiger partial charge in [-0.05, 0) is 28.8 Å². The zero-order valence-electron chi connectivity index (χ0n) is 11.4. The van der Waals surface area contributed by atoms with E-state index in [1.54, 1.807) is 13.3 Å². The van der Waals surface area contributed by atoms with Crippen LogP contribution in [0.4, 0.5) is 5.69 Å². The number of aliphatic hydroxyl groups is 1. The summed E-state index contributed by atoms with van der Waals surface area (Å²) in [7, 11) is 1.58. The molecule has 0 radical (unpaired) electrons. The predicted octanol–water partition coefficient (Wildman–Crippen LogP) is 1.08. The van der Waals surface area contributed by atoms with Crippen LogP contribution in [0.25, 0.3) is 0 Å². The number of ether oxygens (including phenoxy) is 1. The molecule has 0 aromatic carbocycles. The molecule has 6 nitrogen and oxygen atoms in total. The first-order valence-electron chi connectivity index (χ1n) is 6.13. The molecule has 0 amide bonds. The summed E-state index contributed by atoms with van der Waals surface area (Å²) >= 11 is 3.28. The van der Waals surface area contributed by atoms with Crippen LogP contribution in [-0.4, -0.2) is 41.3 Å². The molecule has 0 aliphatic carbocycles. The van der Waals surface area contributed by atoms with Gasteiger partial charge in [0.25, 0.3) is 5.56 Å². The molecule has 0 aliphatic rings. The molecule has 0 aliphatic heterocycles. The number of nitrogens with zero attached hydrogens (tertiary/aromatic N) is 2. The minimum atomic E-state index is -0.203. The highest BCUT2D eigenvalue weighted by atomic mass is 79.9. The van der Waals surface area contributed by atoms with Crippen molar-refractivity contribution < 1.29 is 9.84 Å². The van der Waals surface area contributed by atoms with E-state index in [4.69, 9.17) is 9.84 Å². The van der Waals surface area contributed by atoms with E-state index in [1.807, 2.05) is 13.8 Å². The molecule has 0 spiro atoms. The second kappa shape index (κ2) is 7.62. The van der Waals surface area contributed by atoms with Crippen LogP contribution >= 0.6 is 15.9 Å². The number of aliphatic hydroxyl groups excluding tert-OH is 1. The minimum Gasteiger partial charge on any atom is -0.396 e. The van der Waals surface area contributed by atoms with Crippen molar-refractivity contribution >= 4 is 21.6 Å². The van der Waals surface area contributed by atoms with Crippen molar-refractivity contribution in [3.05, 3.63) is 21.0 Å². The second-order valence-corrected chi connectivity index (χ2v) is 5.28. The van der Waals surface area contributed by atoms with E-state index in [9.17, 15) is 4.79 Å². The Balaban J connectivity index is 2.87. The Morgan fingerprint density at radius 1 is 1.58 bits per heavy atom. The average molecular weight is 334 g/mol. The maximum absolute atomic E-state index is 12.0. The van der Waals surface area contributed by atoms with Gasteiger partial charge in [-0.3, -0.25) is 4.79 Å². The molecule has 1 aromatic heterocycles. The third kappa shape index (κ3) is 4.29. The third-order valence-electron chi connectivity index (χ3n) is 3.02. The molecule has 2 N–H and O–H groups in total. The number of rotatable bonds is 7. The zero-order valence-corrected chi connectivity index (χ0v) is 13.0. The van der Waals surface area contributed by atoms with Gasteiger partial charge in [0, 0.05) is 19.8 Å². The lowest BCUT2D eigenvalue weighted by molar-refractivity contribution is 0.181. The predicted molar refractivity (Wildman–Crippen MR) is 77.4 cm³/mol. The molecular weight excluding hydrogens is 314 g/mol. The zero-order chi connectivity index (χ0) is 14.4.